The fraction of sp³-hybridized carbons (Fsp3) is 0.385. The Bertz CT molecular complexity index is 488. The highest BCUT2D eigenvalue weighted by Crippen LogP contribution is 2.17. The summed E-state index contributed by atoms with van der Waals surface area (Å²) < 4.78 is 26.7. The van der Waals surface area contributed by atoms with E-state index in [0.29, 0.717) is 6.42 Å². The lowest BCUT2D eigenvalue weighted by atomic mass is 10.2. The van der Waals surface area contributed by atoms with Crippen LogP contribution in [0.2, 0.25) is 0 Å². The van der Waals surface area contributed by atoms with Crippen LogP contribution in [0.1, 0.15) is 13.3 Å². The molecule has 1 amide bonds. The van der Waals surface area contributed by atoms with Gasteiger partial charge in [0, 0.05) is 0 Å². The number of hydrogen-bond acceptors (Lipinski definition) is 3. The highest BCUT2D eigenvalue weighted by Gasteiger charge is 2.23. The molecule has 0 aromatic heterocycles. The number of amides is 1. The summed E-state index contributed by atoms with van der Waals surface area (Å²) in [5.74, 6) is -3.51. The van der Waals surface area contributed by atoms with Gasteiger partial charge in [-0.2, -0.15) is 0 Å². The van der Waals surface area contributed by atoms with E-state index >= 15 is 0 Å². The van der Waals surface area contributed by atoms with Crippen LogP contribution in [0.15, 0.2) is 18.2 Å². The first-order valence-corrected chi connectivity index (χ1v) is 6.03. The standard InChI is InChI=1S/C13H16F2N2O3/c1-3-10(13(19)20)17(2)7-11(18)16-12-8(14)5-4-6-9(12)15/h4-6,10H,3,7H2,1-2H3,(H,16,18)(H,19,20). The fourth-order valence-electron chi connectivity index (χ4n) is 1.81. The van der Waals surface area contributed by atoms with Crippen LogP contribution in [0, 0.1) is 11.6 Å². The summed E-state index contributed by atoms with van der Waals surface area (Å²) in [5.41, 5.74) is -0.533. The predicted octanol–water partition coefficient (Wildman–Crippen LogP) is 1.70. The van der Waals surface area contributed by atoms with Crippen molar-refractivity contribution in [3.63, 3.8) is 0 Å². The Balaban J connectivity index is 2.71. The van der Waals surface area contributed by atoms with Crippen molar-refractivity contribution in [3.8, 4) is 0 Å². The number of hydrogen-bond donors (Lipinski definition) is 2. The van der Waals surface area contributed by atoms with Crippen LogP contribution in [0.3, 0.4) is 0 Å². The number of carbonyl (C=O) groups is 2. The number of rotatable bonds is 6. The zero-order valence-corrected chi connectivity index (χ0v) is 11.2. The van der Waals surface area contributed by atoms with E-state index in [2.05, 4.69) is 5.32 Å². The van der Waals surface area contributed by atoms with Gasteiger partial charge in [-0.1, -0.05) is 13.0 Å². The van der Waals surface area contributed by atoms with Crippen molar-refractivity contribution in [2.45, 2.75) is 19.4 Å². The zero-order chi connectivity index (χ0) is 15.3. The minimum atomic E-state index is -1.06. The van der Waals surface area contributed by atoms with E-state index < -0.39 is 35.2 Å². The number of carboxylic acids is 1. The second kappa shape index (κ2) is 6.95. The molecule has 110 valence electrons. The molecule has 0 aliphatic heterocycles. The van der Waals surface area contributed by atoms with E-state index in [0.717, 1.165) is 12.1 Å². The third-order valence-electron chi connectivity index (χ3n) is 2.82. The number of likely N-dealkylation sites (N-methyl/N-ethyl adjacent to an activating group) is 1. The van der Waals surface area contributed by atoms with Crippen LogP contribution in [0.5, 0.6) is 0 Å². The summed E-state index contributed by atoms with van der Waals surface area (Å²) in [5, 5.41) is 11.0. The molecule has 1 atom stereocenters. The van der Waals surface area contributed by atoms with E-state index in [4.69, 9.17) is 5.11 Å². The maximum atomic E-state index is 13.3. The van der Waals surface area contributed by atoms with Crippen LogP contribution < -0.4 is 5.32 Å². The summed E-state index contributed by atoms with van der Waals surface area (Å²) in [4.78, 5) is 23.9. The molecular weight excluding hydrogens is 270 g/mol. The normalized spacial score (nSPS) is 12.2. The number of anilines is 1. The van der Waals surface area contributed by atoms with Crippen molar-refractivity contribution in [2.24, 2.45) is 0 Å². The van der Waals surface area contributed by atoms with Crippen LogP contribution in [-0.4, -0.2) is 41.5 Å². The topological polar surface area (TPSA) is 69.6 Å². The van der Waals surface area contributed by atoms with Gasteiger partial charge in [-0.3, -0.25) is 14.5 Å². The SMILES string of the molecule is CCC(C(=O)O)N(C)CC(=O)Nc1c(F)cccc1F. The van der Waals surface area contributed by atoms with Crippen molar-refractivity contribution in [2.75, 3.05) is 18.9 Å². The molecule has 7 heteroatoms. The van der Waals surface area contributed by atoms with Gasteiger partial charge in [0.1, 0.15) is 23.4 Å². The highest BCUT2D eigenvalue weighted by atomic mass is 19.1. The second-order valence-electron chi connectivity index (χ2n) is 4.32. The highest BCUT2D eigenvalue weighted by molar-refractivity contribution is 5.92. The van der Waals surface area contributed by atoms with Gasteiger partial charge in [0.05, 0.1) is 6.54 Å². The average Bonchev–Trinajstić information content (AvgIpc) is 2.34. The molecule has 1 aromatic carbocycles. The van der Waals surface area contributed by atoms with Gasteiger partial charge in [-0.05, 0) is 25.6 Å². The first kappa shape index (κ1) is 16.0. The summed E-state index contributed by atoms with van der Waals surface area (Å²) in [6.45, 7) is 1.39. The molecule has 5 nitrogen and oxygen atoms in total. The van der Waals surface area contributed by atoms with Gasteiger partial charge < -0.3 is 10.4 Å². The smallest absolute Gasteiger partial charge is 0.320 e. The van der Waals surface area contributed by atoms with Gasteiger partial charge in [-0.25, -0.2) is 8.78 Å². The Morgan fingerprint density at radius 3 is 2.35 bits per heavy atom. The number of para-hydroxylation sites is 1. The summed E-state index contributed by atoms with van der Waals surface area (Å²) in [7, 11) is 1.46. The Morgan fingerprint density at radius 2 is 1.90 bits per heavy atom. The lowest BCUT2D eigenvalue weighted by Gasteiger charge is -2.22. The molecule has 0 radical (unpaired) electrons. The minimum Gasteiger partial charge on any atom is -0.480 e. The third-order valence-corrected chi connectivity index (χ3v) is 2.82. The summed E-state index contributed by atoms with van der Waals surface area (Å²) in [6.07, 6.45) is 0.313. The Labute approximate surface area is 115 Å². The molecule has 0 spiro atoms. The number of benzene rings is 1. The number of aliphatic carboxylic acids is 1. The second-order valence-corrected chi connectivity index (χ2v) is 4.32. The monoisotopic (exact) mass is 286 g/mol. The number of halogens is 2. The fourth-order valence-corrected chi connectivity index (χ4v) is 1.81. The summed E-state index contributed by atoms with van der Waals surface area (Å²) >= 11 is 0. The number of carboxylic acid groups (broad SMARTS) is 1. The zero-order valence-electron chi connectivity index (χ0n) is 11.2. The van der Waals surface area contributed by atoms with E-state index in [1.165, 1.54) is 18.0 Å². The third kappa shape index (κ3) is 3.99. The molecule has 0 aliphatic rings. The van der Waals surface area contributed by atoms with E-state index in [1.807, 2.05) is 0 Å². The maximum Gasteiger partial charge on any atom is 0.320 e. The molecule has 0 heterocycles. The first-order chi connectivity index (χ1) is 9.36. The van der Waals surface area contributed by atoms with E-state index in [9.17, 15) is 18.4 Å². The largest absolute Gasteiger partial charge is 0.480 e. The molecule has 0 fully saturated rings. The van der Waals surface area contributed by atoms with Crippen LogP contribution in [0.4, 0.5) is 14.5 Å². The van der Waals surface area contributed by atoms with E-state index in [1.54, 1.807) is 6.92 Å². The van der Waals surface area contributed by atoms with Crippen molar-refractivity contribution >= 4 is 17.6 Å². The lowest BCUT2D eigenvalue weighted by molar-refractivity contribution is -0.143. The lowest BCUT2D eigenvalue weighted by Crippen LogP contribution is -2.42. The Hall–Kier alpha value is -2.02. The molecule has 0 aliphatic carbocycles. The average molecular weight is 286 g/mol. The van der Waals surface area contributed by atoms with E-state index in [-0.39, 0.29) is 6.54 Å². The number of nitrogens with zero attached hydrogens (tertiary/aromatic N) is 1. The Morgan fingerprint density at radius 1 is 1.35 bits per heavy atom. The molecule has 0 saturated carbocycles. The van der Waals surface area contributed by atoms with Gasteiger partial charge in [0.2, 0.25) is 5.91 Å². The number of nitrogens with one attached hydrogen (secondary N) is 1. The number of carbonyl (C=O) groups excluding carboxylic acids is 1. The van der Waals surface area contributed by atoms with Gasteiger partial charge in [0.25, 0.3) is 0 Å². The minimum absolute atomic E-state index is 0.279. The summed E-state index contributed by atoms with van der Waals surface area (Å²) in [6, 6.07) is 2.40. The van der Waals surface area contributed by atoms with Crippen molar-refractivity contribution in [1.29, 1.82) is 0 Å². The van der Waals surface area contributed by atoms with Gasteiger partial charge >= 0.3 is 5.97 Å². The first-order valence-electron chi connectivity index (χ1n) is 6.03. The molecule has 1 rings (SSSR count). The maximum absolute atomic E-state index is 13.3. The molecule has 20 heavy (non-hydrogen) atoms. The molecule has 1 aromatic rings. The van der Waals surface area contributed by atoms with Crippen LogP contribution in [-0.2, 0) is 9.59 Å². The quantitative estimate of drug-likeness (QED) is 0.835. The van der Waals surface area contributed by atoms with Gasteiger partial charge in [0.15, 0.2) is 0 Å². The van der Waals surface area contributed by atoms with Crippen LogP contribution in [0.25, 0.3) is 0 Å². The van der Waals surface area contributed by atoms with Crippen molar-refractivity contribution in [1.82, 2.24) is 4.90 Å². The van der Waals surface area contributed by atoms with Crippen LogP contribution >= 0.6 is 0 Å². The Kier molecular flexibility index (Phi) is 5.57. The van der Waals surface area contributed by atoms with Crippen molar-refractivity contribution < 1.29 is 23.5 Å². The van der Waals surface area contributed by atoms with Crippen molar-refractivity contribution in [3.05, 3.63) is 29.8 Å². The molecule has 0 saturated heterocycles. The molecule has 2 N–H and O–H groups in total. The predicted molar refractivity (Wildman–Crippen MR) is 69.3 cm³/mol. The molecular formula is C13H16F2N2O3. The van der Waals surface area contributed by atoms with Gasteiger partial charge in [-0.15, -0.1) is 0 Å². The molecule has 1 unspecified atom stereocenters. The molecule has 0 bridgehead atoms.